The Labute approximate surface area is 111 Å². The third kappa shape index (κ3) is 3.09. The molecule has 1 aromatic carbocycles. The highest BCUT2D eigenvalue weighted by Crippen LogP contribution is 2.27. The van der Waals surface area contributed by atoms with Gasteiger partial charge in [0.2, 0.25) is 5.91 Å². The van der Waals surface area contributed by atoms with Crippen LogP contribution in [0.4, 0.5) is 0 Å². The van der Waals surface area contributed by atoms with Crippen LogP contribution in [0.15, 0.2) is 30.5 Å². The largest absolute Gasteiger partial charge is 0.496 e. The predicted molar refractivity (Wildman–Crippen MR) is 70.7 cm³/mol. The first-order valence-electron chi connectivity index (χ1n) is 6.04. The van der Waals surface area contributed by atoms with Crippen LogP contribution in [0.3, 0.4) is 0 Å². The first kappa shape index (κ1) is 13.1. The fourth-order valence-electron chi connectivity index (χ4n) is 1.76. The van der Waals surface area contributed by atoms with Gasteiger partial charge in [-0.2, -0.15) is 0 Å². The van der Waals surface area contributed by atoms with Crippen molar-refractivity contribution in [1.82, 2.24) is 20.3 Å². The molecule has 0 aliphatic carbocycles. The number of nitrogens with one attached hydrogen (secondary N) is 1. The third-order valence-electron chi connectivity index (χ3n) is 2.60. The summed E-state index contributed by atoms with van der Waals surface area (Å²) in [7, 11) is 1.61. The van der Waals surface area contributed by atoms with Crippen molar-refractivity contribution >= 4 is 5.91 Å². The van der Waals surface area contributed by atoms with E-state index in [2.05, 4.69) is 15.6 Å². The predicted octanol–water partition coefficient (Wildman–Crippen LogP) is 1.09. The number of hydrogen-bond donors (Lipinski definition) is 1. The molecule has 1 amide bonds. The van der Waals surface area contributed by atoms with Gasteiger partial charge in [-0.1, -0.05) is 17.3 Å². The number of amides is 1. The summed E-state index contributed by atoms with van der Waals surface area (Å²) >= 11 is 0. The molecule has 100 valence electrons. The molecule has 0 aliphatic heterocycles. The van der Waals surface area contributed by atoms with E-state index in [0.717, 1.165) is 11.3 Å². The summed E-state index contributed by atoms with van der Waals surface area (Å²) in [6, 6.07) is 7.56. The van der Waals surface area contributed by atoms with Crippen LogP contribution >= 0.6 is 0 Å². The molecule has 0 bridgehead atoms. The molecule has 0 saturated heterocycles. The van der Waals surface area contributed by atoms with E-state index in [1.165, 1.54) is 4.68 Å². The summed E-state index contributed by atoms with van der Waals surface area (Å²) in [4.78, 5) is 11.5. The second kappa shape index (κ2) is 5.99. The molecule has 1 aromatic heterocycles. The van der Waals surface area contributed by atoms with Gasteiger partial charge in [0, 0.05) is 12.1 Å². The van der Waals surface area contributed by atoms with E-state index < -0.39 is 0 Å². The molecule has 2 rings (SSSR count). The van der Waals surface area contributed by atoms with Gasteiger partial charge < -0.3 is 10.1 Å². The molecule has 0 spiro atoms. The van der Waals surface area contributed by atoms with Gasteiger partial charge in [0.05, 0.1) is 13.3 Å². The van der Waals surface area contributed by atoms with Gasteiger partial charge in [0.25, 0.3) is 0 Å². The Balaban J connectivity index is 2.19. The summed E-state index contributed by atoms with van der Waals surface area (Å²) in [6.45, 7) is 2.64. The van der Waals surface area contributed by atoms with Crippen molar-refractivity contribution in [2.75, 3.05) is 13.7 Å². The average Bonchev–Trinajstić information content (AvgIpc) is 2.87. The quantitative estimate of drug-likeness (QED) is 0.873. The number of rotatable bonds is 5. The number of ether oxygens (including phenoxy) is 1. The molecule has 6 nitrogen and oxygen atoms in total. The molecule has 2 aromatic rings. The number of carbonyl (C=O) groups excluding carboxylic acids is 1. The minimum absolute atomic E-state index is 0.0843. The Hall–Kier alpha value is -2.37. The highest BCUT2D eigenvalue weighted by molar-refractivity contribution is 5.75. The van der Waals surface area contributed by atoms with Crippen molar-refractivity contribution in [3.63, 3.8) is 0 Å². The zero-order valence-electron chi connectivity index (χ0n) is 11.0. The van der Waals surface area contributed by atoms with E-state index in [-0.39, 0.29) is 12.5 Å². The lowest BCUT2D eigenvalue weighted by Gasteiger charge is -2.04. The topological polar surface area (TPSA) is 69.0 Å². The van der Waals surface area contributed by atoms with Crippen LogP contribution in [-0.2, 0) is 11.3 Å². The maximum Gasteiger partial charge on any atom is 0.241 e. The maximum absolute atomic E-state index is 11.5. The highest BCUT2D eigenvalue weighted by Gasteiger charge is 2.10. The van der Waals surface area contributed by atoms with Gasteiger partial charge >= 0.3 is 0 Å². The summed E-state index contributed by atoms with van der Waals surface area (Å²) in [5, 5.41) is 10.7. The van der Waals surface area contributed by atoms with Crippen molar-refractivity contribution < 1.29 is 9.53 Å². The lowest BCUT2D eigenvalue weighted by atomic mass is 10.1. The molecule has 0 fully saturated rings. The molecular weight excluding hydrogens is 244 g/mol. The van der Waals surface area contributed by atoms with Crippen molar-refractivity contribution in [2.45, 2.75) is 13.5 Å². The van der Waals surface area contributed by atoms with Crippen molar-refractivity contribution in [1.29, 1.82) is 0 Å². The van der Waals surface area contributed by atoms with Crippen LogP contribution in [0.1, 0.15) is 6.92 Å². The Morgan fingerprint density at radius 2 is 2.21 bits per heavy atom. The monoisotopic (exact) mass is 260 g/mol. The van der Waals surface area contributed by atoms with Crippen LogP contribution in [-0.4, -0.2) is 34.6 Å². The van der Waals surface area contributed by atoms with Crippen molar-refractivity contribution in [3.05, 3.63) is 30.5 Å². The van der Waals surface area contributed by atoms with Gasteiger partial charge in [-0.25, -0.2) is 4.68 Å². The molecule has 0 unspecified atom stereocenters. The van der Waals surface area contributed by atoms with E-state index in [9.17, 15) is 4.79 Å². The van der Waals surface area contributed by atoms with Crippen LogP contribution in [0.25, 0.3) is 11.3 Å². The SMILES string of the molecule is CCNC(=O)Cn1cc(-c2ccccc2OC)nn1. The Morgan fingerprint density at radius 1 is 1.42 bits per heavy atom. The van der Waals surface area contributed by atoms with Crippen LogP contribution in [0.5, 0.6) is 5.75 Å². The molecule has 1 N–H and O–H groups in total. The number of nitrogens with zero attached hydrogens (tertiary/aromatic N) is 3. The van der Waals surface area contributed by atoms with Crippen LogP contribution in [0, 0.1) is 0 Å². The normalized spacial score (nSPS) is 10.2. The van der Waals surface area contributed by atoms with E-state index in [1.54, 1.807) is 13.3 Å². The van der Waals surface area contributed by atoms with Gasteiger partial charge in [0.1, 0.15) is 18.0 Å². The number of likely N-dealkylation sites (N-methyl/N-ethyl adjacent to an activating group) is 1. The zero-order valence-corrected chi connectivity index (χ0v) is 11.0. The van der Waals surface area contributed by atoms with Gasteiger partial charge in [-0.15, -0.1) is 5.10 Å². The fourth-order valence-corrected chi connectivity index (χ4v) is 1.76. The molecular formula is C13H16N4O2. The average molecular weight is 260 g/mol. The third-order valence-corrected chi connectivity index (χ3v) is 2.60. The fraction of sp³-hybridized carbons (Fsp3) is 0.308. The van der Waals surface area contributed by atoms with Gasteiger partial charge in [-0.05, 0) is 19.1 Å². The minimum Gasteiger partial charge on any atom is -0.496 e. The number of para-hydroxylation sites is 1. The number of methoxy groups -OCH3 is 1. The van der Waals surface area contributed by atoms with Crippen molar-refractivity contribution in [2.24, 2.45) is 0 Å². The Kier molecular flexibility index (Phi) is 4.12. The van der Waals surface area contributed by atoms with E-state index in [1.807, 2.05) is 31.2 Å². The van der Waals surface area contributed by atoms with E-state index in [0.29, 0.717) is 12.2 Å². The summed E-state index contributed by atoms with van der Waals surface area (Å²) < 4.78 is 6.78. The molecule has 0 radical (unpaired) electrons. The first-order valence-corrected chi connectivity index (χ1v) is 6.04. The molecule has 6 heteroatoms. The minimum atomic E-state index is -0.0843. The van der Waals surface area contributed by atoms with Crippen LogP contribution < -0.4 is 10.1 Å². The first-order chi connectivity index (χ1) is 9.24. The van der Waals surface area contributed by atoms with E-state index in [4.69, 9.17) is 4.74 Å². The number of aromatic nitrogens is 3. The summed E-state index contributed by atoms with van der Waals surface area (Å²) in [5.74, 6) is 0.645. The van der Waals surface area contributed by atoms with Gasteiger partial charge in [-0.3, -0.25) is 4.79 Å². The Bertz CT molecular complexity index is 565. The summed E-state index contributed by atoms with van der Waals surface area (Å²) in [6.07, 6.45) is 1.73. The second-order valence-electron chi connectivity index (χ2n) is 3.96. The van der Waals surface area contributed by atoms with Crippen LogP contribution in [0.2, 0.25) is 0 Å². The maximum atomic E-state index is 11.5. The number of benzene rings is 1. The molecule has 0 saturated carbocycles. The molecule has 19 heavy (non-hydrogen) atoms. The Morgan fingerprint density at radius 3 is 2.95 bits per heavy atom. The molecule has 0 atom stereocenters. The number of carbonyl (C=O) groups is 1. The smallest absolute Gasteiger partial charge is 0.241 e. The van der Waals surface area contributed by atoms with E-state index >= 15 is 0 Å². The zero-order chi connectivity index (χ0) is 13.7. The number of hydrogen-bond acceptors (Lipinski definition) is 4. The van der Waals surface area contributed by atoms with Gasteiger partial charge in [0.15, 0.2) is 0 Å². The lowest BCUT2D eigenvalue weighted by molar-refractivity contribution is -0.121. The standard InChI is InChI=1S/C13H16N4O2/c1-3-14-13(18)9-17-8-11(15-16-17)10-6-4-5-7-12(10)19-2/h4-8H,3,9H2,1-2H3,(H,14,18). The second-order valence-corrected chi connectivity index (χ2v) is 3.96. The summed E-state index contributed by atoms with van der Waals surface area (Å²) in [5.41, 5.74) is 1.54. The highest BCUT2D eigenvalue weighted by atomic mass is 16.5. The molecule has 1 heterocycles. The molecule has 0 aliphatic rings. The lowest BCUT2D eigenvalue weighted by Crippen LogP contribution is -2.27. The van der Waals surface area contributed by atoms with Crippen molar-refractivity contribution in [3.8, 4) is 17.0 Å².